The van der Waals surface area contributed by atoms with Gasteiger partial charge in [-0.2, -0.15) is 0 Å². The third kappa shape index (κ3) is 3.22. The lowest BCUT2D eigenvalue weighted by atomic mass is 9.76. The number of nitrogens with two attached hydrogens (primary N) is 1. The van der Waals surface area contributed by atoms with E-state index >= 15 is 0 Å². The fraction of sp³-hybridized carbons (Fsp3) is 0.312. The molecular formula is C16H17ClN2O4. The molecule has 0 aromatic heterocycles. The van der Waals surface area contributed by atoms with Crippen molar-refractivity contribution in [3.05, 3.63) is 46.1 Å². The molecule has 0 radical (unpaired) electrons. The van der Waals surface area contributed by atoms with Gasteiger partial charge < -0.3 is 15.8 Å². The number of esters is 1. The minimum absolute atomic E-state index is 0.167. The number of benzene rings is 1. The van der Waals surface area contributed by atoms with E-state index in [0.29, 0.717) is 16.3 Å². The molecule has 6 nitrogen and oxygen atoms in total. The van der Waals surface area contributed by atoms with E-state index in [1.165, 1.54) is 0 Å². The topological polar surface area (TPSA) is 98.5 Å². The van der Waals surface area contributed by atoms with Gasteiger partial charge in [0.05, 0.1) is 12.2 Å². The third-order valence-electron chi connectivity index (χ3n) is 3.68. The lowest BCUT2D eigenvalue weighted by Gasteiger charge is -2.32. The molecule has 2 amide bonds. The number of allylic oxidation sites excluding steroid dienone is 1. The number of ether oxygens (including phenoxy) is 1. The quantitative estimate of drug-likeness (QED) is 0.643. The monoisotopic (exact) mass is 336 g/mol. The van der Waals surface area contributed by atoms with Crippen molar-refractivity contribution in [3.8, 4) is 0 Å². The Morgan fingerprint density at radius 2 is 2.00 bits per heavy atom. The molecule has 0 bridgehead atoms. The first kappa shape index (κ1) is 17.0. The van der Waals surface area contributed by atoms with E-state index in [2.05, 4.69) is 5.32 Å². The number of amides is 2. The van der Waals surface area contributed by atoms with E-state index in [1.807, 2.05) is 0 Å². The van der Waals surface area contributed by atoms with Gasteiger partial charge in [0.2, 0.25) is 11.8 Å². The molecule has 7 heteroatoms. The van der Waals surface area contributed by atoms with Gasteiger partial charge in [-0.25, -0.2) is 4.79 Å². The van der Waals surface area contributed by atoms with E-state index < -0.39 is 29.6 Å². The van der Waals surface area contributed by atoms with Gasteiger partial charge in [-0.15, -0.1) is 0 Å². The predicted octanol–water partition coefficient (Wildman–Crippen LogP) is 1.49. The molecular weight excluding hydrogens is 320 g/mol. The molecule has 0 aliphatic carbocycles. The Hall–Kier alpha value is -2.34. The summed E-state index contributed by atoms with van der Waals surface area (Å²) >= 11 is 6.21. The van der Waals surface area contributed by atoms with E-state index in [-0.39, 0.29) is 12.2 Å². The summed E-state index contributed by atoms with van der Waals surface area (Å²) in [6.07, 6.45) is 0. The molecule has 3 N–H and O–H groups in total. The number of nitrogens with one attached hydrogen (secondary N) is 1. The second-order valence-corrected chi connectivity index (χ2v) is 5.53. The van der Waals surface area contributed by atoms with Crippen LogP contribution in [0.4, 0.5) is 0 Å². The Morgan fingerprint density at radius 1 is 1.35 bits per heavy atom. The predicted molar refractivity (Wildman–Crippen MR) is 84.4 cm³/mol. The smallest absolute Gasteiger partial charge is 0.336 e. The lowest BCUT2D eigenvalue weighted by molar-refractivity contribution is -0.140. The first-order valence-corrected chi connectivity index (χ1v) is 7.48. The van der Waals surface area contributed by atoms with Crippen LogP contribution in [-0.4, -0.2) is 24.4 Å². The van der Waals surface area contributed by atoms with Crippen molar-refractivity contribution >= 4 is 29.4 Å². The number of rotatable bonds is 4. The van der Waals surface area contributed by atoms with Crippen LogP contribution in [0.5, 0.6) is 0 Å². The highest BCUT2D eigenvalue weighted by molar-refractivity contribution is 6.31. The molecule has 1 aliphatic rings. The van der Waals surface area contributed by atoms with Gasteiger partial charge in [0, 0.05) is 16.6 Å². The molecule has 1 aromatic rings. The van der Waals surface area contributed by atoms with Crippen LogP contribution in [0, 0.1) is 5.92 Å². The molecule has 1 heterocycles. The number of carbonyl (C=O) groups excluding carboxylic acids is 3. The Kier molecular flexibility index (Phi) is 5.05. The summed E-state index contributed by atoms with van der Waals surface area (Å²) in [6.45, 7) is 3.41. The first-order valence-electron chi connectivity index (χ1n) is 7.11. The molecule has 1 aromatic carbocycles. The van der Waals surface area contributed by atoms with Crippen LogP contribution in [0.1, 0.15) is 25.3 Å². The number of primary amides is 1. The second kappa shape index (κ2) is 6.83. The van der Waals surface area contributed by atoms with Gasteiger partial charge in [0.1, 0.15) is 5.92 Å². The summed E-state index contributed by atoms with van der Waals surface area (Å²) in [4.78, 5) is 36.4. The van der Waals surface area contributed by atoms with E-state index in [0.717, 1.165) is 0 Å². The van der Waals surface area contributed by atoms with Gasteiger partial charge in [-0.05, 0) is 25.5 Å². The SMILES string of the molecule is CCOC(=O)C1=C(C)NC(=O)C(C(N)=O)C1c1ccccc1Cl. The number of hydrogen-bond acceptors (Lipinski definition) is 4. The summed E-state index contributed by atoms with van der Waals surface area (Å²) in [5, 5.41) is 2.86. The Balaban J connectivity index is 2.67. The molecule has 2 atom stereocenters. The average Bonchev–Trinajstić information content (AvgIpc) is 2.46. The standard InChI is InChI=1S/C16H17ClN2O4/c1-3-23-16(22)11-8(2)19-15(21)13(14(18)20)12(11)9-6-4-5-7-10(9)17/h4-7,12-13H,3H2,1-2H3,(H2,18,20)(H,19,21). The molecule has 122 valence electrons. The number of hydrogen-bond donors (Lipinski definition) is 2. The largest absolute Gasteiger partial charge is 0.463 e. The van der Waals surface area contributed by atoms with Crippen molar-refractivity contribution in [1.82, 2.24) is 5.32 Å². The maximum Gasteiger partial charge on any atom is 0.336 e. The fourth-order valence-corrected chi connectivity index (χ4v) is 2.98. The van der Waals surface area contributed by atoms with Gasteiger partial charge in [-0.3, -0.25) is 9.59 Å². The molecule has 23 heavy (non-hydrogen) atoms. The summed E-state index contributed by atoms with van der Waals surface area (Å²) in [7, 11) is 0. The van der Waals surface area contributed by atoms with Crippen LogP contribution in [0.15, 0.2) is 35.5 Å². The van der Waals surface area contributed by atoms with Crippen molar-refractivity contribution < 1.29 is 19.1 Å². The minimum atomic E-state index is -1.24. The Labute approximate surface area is 138 Å². The third-order valence-corrected chi connectivity index (χ3v) is 4.03. The van der Waals surface area contributed by atoms with Gasteiger partial charge >= 0.3 is 5.97 Å². The average molecular weight is 337 g/mol. The highest BCUT2D eigenvalue weighted by atomic mass is 35.5. The van der Waals surface area contributed by atoms with Gasteiger partial charge in [0.25, 0.3) is 0 Å². The molecule has 1 aliphatic heterocycles. The highest BCUT2D eigenvalue weighted by Gasteiger charge is 2.44. The molecule has 0 saturated heterocycles. The summed E-state index contributed by atoms with van der Waals surface area (Å²) in [5.74, 6) is -4.12. The number of halogens is 1. The summed E-state index contributed by atoms with van der Waals surface area (Å²) in [6, 6.07) is 6.71. The van der Waals surface area contributed by atoms with Crippen LogP contribution >= 0.6 is 11.6 Å². The number of carbonyl (C=O) groups is 3. The van der Waals surface area contributed by atoms with Crippen molar-refractivity contribution in [1.29, 1.82) is 0 Å². The fourth-order valence-electron chi connectivity index (χ4n) is 2.73. The van der Waals surface area contributed by atoms with E-state index in [1.54, 1.807) is 38.1 Å². The molecule has 2 rings (SSSR count). The van der Waals surface area contributed by atoms with Crippen LogP contribution in [0.25, 0.3) is 0 Å². The lowest BCUT2D eigenvalue weighted by Crippen LogP contribution is -2.47. The van der Waals surface area contributed by atoms with Crippen LogP contribution in [-0.2, 0) is 19.1 Å². The maximum atomic E-state index is 12.4. The molecule has 2 unspecified atom stereocenters. The zero-order valence-electron chi connectivity index (χ0n) is 12.8. The molecule has 0 spiro atoms. The van der Waals surface area contributed by atoms with Crippen LogP contribution in [0.3, 0.4) is 0 Å². The van der Waals surface area contributed by atoms with Gasteiger partial charge in [0.15, 0.2) is 0 Å². The highest BCUT2D eigenvalue weighted by Crippen LogP contribution is 2.40. The summed E-state index contributed by atoms with van der Waals surface area (Å²) in [5.41, 5.74) is 6.39. The van der Waals surface area contributed by atoms with Crippen LogP contribution in [0.2, 0.25) is 5.02 Å². The normalized spacial score (nSPS) is 20.9. The van der Waals surface area contributed by atoms with Crippen molar-refractivity contribution in [2.24, 2.45) is 11.7 Å². The van der Waals surface area contributed by atoms with Crippen molar-refractivity contribution in [2.45, 2.75) is 19.8 Å². The zero-order valence-corrected chi connectivity index (χ0v) is 13.5. The second-order valence-electron chi connectivity index (χ2n) is 5.13. The Bertz CT molecular complexity index is 699. The summed E-state index contributed by atoms with van der Waals surface area (Å²) < 4.78 is 5.06. The first-order chi connectivity index (χ1) is 10.9. The molecule has 0 fully saturated rings. The van der Waals surface area contributed by atoms with Crippen molar-refractivity contribution in [3.63, 3.8) is 0 Å². The zero-order chi connectivity index (χ0) is 17.1. The van der Waals surface area contributed by atoms with E-state index in [9.17, 15) is 14.4 Å². The Morgan fingerprint density at radius 3 is 2.57 bits per heavy atom. The van der Waals surface area contributed by atoms with E-state index in [4.69, 9.17) is 22.1 Å². The van der Waals surface area contributed by atoms with Crippen LogP contribution < -0.4 is 11.1 Å². The maximum absolute atomic E-state index is 12.4. The minimum Gasteiger partial charge on any atom is -0.463 e. The van der Waals surface area contributed by atoms with Crippen molar-refractivity contribution in [2.75, 3.05) is 6.61 Å². The molecule has 0 saturated carbocycles. The van der Waals surface area contributed by atoms with Gasteiger partial charge in [-0.1, -0.05) is 29.8 Å².